The molecular formula is C20H25N3O5S3. The number of thiophene rings is 1. The Hall–Kier alpha value is -1.66. The molecule has 1 aliphatic heterocycles. The minimum Gasteiger partial charge on any atom is -0.445 e. The lowest BCUT2D eigenvalue weighted by atomic mass is 9.94. The van der Waals surface area contributed by atoms with Crippen LogP contribution in [0.4, 0.5) is 4.79 Å². The molecule has 1 unspecified atom stereocenters. The molecule has 4 rings (SSSR count). The van der Waals surface area contributed by atoms with Gasteiger partial charge in [0.1, 0.15) is 17.7 Å². The van der Waals surface area contributed by atoms with Gasteiger partial charge in [0, 0.05) is 29.5 Å². The Balaban J connectivity index is 1.25. The smallest absolute Gasteiger partial charge is 0.426 e. The molecule has 3 heterocycles. The summed E-state index contributed by atoms with van der Waals surface area (Å²) in [6, 6.07) is 1.80. The van der Waals surface area contributed by atoms with Crippen LogP contribution in [0.1, 0.15) is 47.5 Å². The number of nitrogens with zero attached hydrogens (tertiary/aromatic N) is 1. The molecule has 2 N–H and O–H groups in total. The second-order valence-corrected chi connectivity index (χ2v) is 10.5. The number of rotatable bonds is 5. The molecule has 1 saturated carbocycles. The molecule has 11 heteroatoms. The van der Waals surface area contributed by atoms with Crippen LogP contribution < -0.4 is 10.9 Å². The predicted octanol–water partition coefficient (Wildman–Crippen LogP) is 4.35. The van der Waals surface area contributed by atoms with E-state index in [1.54, 1.807) is 29.2 Å². The van der Waals surface area contributed by atoms with E-state index >= 15 is 0 Å². The van der Waals surface area contributed by atoms with Gasteiger partial charge in [-0.05, 0) is 32.1 Å². The van der Waals surface area contributed by atoms with Gasteiger partial charge in [-0.3, -0.25) is 10.2 Å². The van der Waals surface area contributed by atoms with Gasteiger partial charge in [0.25, 0.3) is 5.91 Å². The van der Waals surface area contributed by atoms with Gasteiger partial charge < -0.3 is 14.2 Å². The van der Waals surface area contributed by atoms with Gasteiger partial charge in [-0.1, -0.05) is 6.42 Å². The van der Waals surface area contributed by atoms with Crippen molar-refractivity contribution < 1.29 is 23.8 Å². The van der Waals surface area contributed by atoms with Crippen molar-refractivity contribution in [2.45, 2.75) is 55.1 Å². The average Bonchev–Trinajstić information content (AvgIpc) is 3.49. The highest BCUT2D eigenvalue weighted by Crippen LogP contribution is 2.39. The van der Waals surface area contributed by atoms with Crippen molar-refractivity contribution in [3.05, 3.63) is 22.0 Å². The lowest BCUT2D eigenvalue weighted by Crippen LogP contribution is -2.42. The molecule has 1 aliphatic carbocycles. The summed E-state index contributed by atoms with van der Waals surface area (Å²) in [6.45, 7) is 2.42. The molecule has 2 aliphatic rings. The number of thiazole rings is 1. The minimum atomic E-state index is -0.737. The first kappa shape index (κ1) is 22.5. The Morgan fingerprint density at radius 1 is 1.32 bits per heavy atom. The van der Waals surface area contributed by atoms with E-state index in [9.17, 15) is 9.59 Å². The summed E-state index contributed by atoms with van der Waals surface area (Å²) in [6.07, 6.45) is 6.07. The maximum Gasteiger partial charge on any atom is 0.426 e. The standard InChI is InChI=1S/C20H25N3O5S3/c1-12-11-30-17(21-12)14-8-15(31-18(14)29-2)16(24)22-23-19(25)26-9-13-10-27-20(28-13)6-4-3-5-7-20/h8,11,13H,3-7,9-10H2,1-2H3,(H,22,24)(H,23,25). The second kappa shape index (κ2) is 9.86. The summed E-state index contributed by atoms with van der Waals surface area (Å²) >= 11 is 4.46. The van der Waals surface area contributed by atoms with Gasteiger partial charge >= 0.3 is 6.09 Å². The van der Waals surface area contributed by atoms with Gasteiger partial charge in [0.05, 0.1) is 15.7 Å². The van der Waals surface area contributed by atoms with Crippen LogP contribution in [0.15, 0.2) is 15.7 Å². The number of aromatic nitrogens is 1. The van der Waals surface area contributed by atoms with E-state index in [2.05, 4.69) is 15.8 Å². The van der Waals surface area contributed by atoms with Crippen LogP contribution >= 0.6 is 34.4 Å². The first-order chi connectivity index (χ1) is 15.0. The predicted molar refractivity (Wildman–Crippen MR) is 121 cm³/mol. The Labute approximate surface area is 193 Å². The summed E-state index contributed by atoms with van der Waals surface area (Å²) < 4.78 is 18.0. The largest absolute Gasteiger partial charge is 0.445 e. The number of hydrogen-bond acceptors (Lipinski definition) is 9. The summed E-state index contributed by atoms with van der Waals surface area (Å²) in [5.74, 6) is -0.905. The number of hydrazine groups is 1. The van der Waals surface area contributed by atoms with Gasteiger partial charge in [-0.2, -0.15) is 0 Å². The van der Waals surface area contributed by atoms with Crippen molar-refractivity contribution in [2.75, 3.05) is 19.5 Å². The fourth-order valence-electron chi connectivity index (χ4n) is 3.69. The Morgan fingerprint density at radius 2 is 2.13 bits per heavy atom. The quantitative estimate of drug-likeness (QED) is 0.482. The number of aryl methyl sites for hydroxylation is 1. The van der Waals surface area contributed by atoms with Gasteiger partial charge in [-0.15, -0.1) is 34.4 Å². The van der Waals surface area contributed by atoms with Crippen LogP contribution in [0.2, 0.25) is 0 Å². The molecular weight excluding hydrogens is 458 g/mol. The number of nitrogens with one attached hydrogen (secondary N) is 2. The molecule has 2 aromatic heterocycles. The van der Waals surface area contributed by atoms with Crippen molar-refractivity contribution in [1.29, 1.82) is 0 Å². The van der Waals surface area contributed by atoms with E-state index in [-0.39, 0.29) is 12.7 Å². The third-order valence-electron chi connectivity index (χ3n) is 5.16. The van der Waals surface area contributed by atoms with E-state index in [1.165, 1.54) is 17.8 Å². The normalized spacial score (nSPS) is 20.0. The van der Waals surface area contributed by atoms with Crippen molar-refractivity contribution >= 4 is 46.4 Å². The van der Waals surface area contributed by atoms with Crippen LogP contribution in [0.5, 0.6) is 0 Å². The topological polar surface area (TPSA) is 98.8 Å². The average molecular weight is 484 g/mol. The zero-order valence-electron chi connectivity index (χ0n) is 17.4. The first-order valence-electron chi connectivity index (χ1n) is 10.1. The number of hydrogen-bond donors (Lipinski definition) is 2. The SMILES string of the molecule is CSc1sc(C(=O)NNC(=O)OCC2COC3(CCCCC3)O2)cc1-c1nc(C)cs1. The molecule has 168 valence electrons. The number of carbonyl (C=O) groups is 2. The third kappa shape index (κ3) is 5.40. The molecule has 8 nitrogen and oxygen atoms in total. The van der Waals surface area contributed by atoms with Crippen LogP contribution in [0.25, 0.3) is 10.6 Å². The maximum absolute atomic E-state index is 12.5. The molecule has 0 aromatic carbocycles. The lowest BCUT2D eigenvalue weighted by Gasteiger charge is -2.31. The highest BCUT2D eigenvalue weighted by atomic mass is 32.2. The van der Waals surface area contributed by atoms with Gasteiger partial charge in [-0.25, -0.2) is 15.2 Å². The van der Waals surface area contributed by atoms with Crippen LogP contribution in [-0.2, 0) is 14.2 Å². The fraction of sp³-hybridized carbons (Fsp3) is 0.550. The summed E-state index contributed by atoms with van der Waals surface area (Å²) in [5.41, 5.74) is 6.57. The van der Waals surface area contributed by atoms with Crippen molar-refractivity contribution in [1.82, 2.24) is 15.8 Å². The zero-order valence-corrected chi connectivity index (χ0v) is 19.8. The van der Waals surface area contributed by atoms with E-state index in [4.69, 9.17) is 14.2 Å². The second-order valence-electron chi connectivity index (χ2n) is 7.51. The summed E-state index contributed by atoms with van der Waals surface area (Å²) in [7, 11) is 0. The van der Waals surface area contributed by atoms with E-state index in [0.29, 0.717) is 11.5 Å². The lowest BCUT2D eigenvalue weighted by molar-refractivity contribution is -0.189. The Bertz CT molecular complexity index is 938. The molecule has 31 heavy (non-hydrogen) atoms. The molecule has 2 amide bonds. The van der Waals surface area contributed by atoms with E-state index in [1.807, 2.05) is 18.6 Å². The molecule has 1 saturated heterocycles. The van der Waals surface area contributed by atoms with Crippen LogP contribution in [0, 0.1) is 6.92 Å². The van der Waals surface area contributed by atoms with E-state index in [0.717, 1.165) is 46.2 Å². The Morgan fingerprint density at radius 3 is 2.84 bits per heavy atom. The van der Waals surface area contributed by atoms with Crippen LogP contribution in [-0.4, -0.2) is 48.3 Å². The summed E-state index contributed by atoms with van der Waals surface area (Å²) in [5, 5.41) is 2.85. The molecule has 0 bridgehead atoms. The van der Waals surface area contributed by atoms with Crippen molar-refractivity contribution in [3.8, 4) is 10.6 Å². The first-order valence-corrected chi connectivity index (χ1v) is 13.1. The fourth-order valence-corrected chi connectivity index (χ4v) is 6.40. The third-order valence-corrected chi connectivity index (χ3v) is 8.43. The highest BCUT2D eigenvalue weighted by Gasteiger charge is 2.42. The minimum absolute atomic E-state index is 0.0760. The number of thioether (sulfide) groups is 1. The van der Waals surface area contributed by atoms with Gasteiger partial charge in [0.15, 0.2) is 5.79 Å². The molecule has 0 radical (unpaired) electrons. The van der Waals surface area contributed by atoms with Crippen molar-refractivity contribution in [3.63, 3.8) is 0 Å². The number of ether oxygens (including phenoxy) is 3. The van der Waals surface area contributed by atoms with Crippen molar-refractivity contribution in [2.24, 2.45) is 0 Å². The maximum atomic E-state index is 12.5. The Kier molecular flexibility index (Phi) is 7.17. The van der Waals surface area contributed by atoms with Crippen LogP contribution in [0.3, 0.4) is 0 Å². The molecule has 1 atom stereocenters. The zero-order chi connectivity index (χ0) is 21.8. The number of amides is 2. The monoisotopic (exact) mass is 483 g/mol. The molecule has 1 spiro atoms. The molecule has 2 fully saturated rings. The van der Waals surface area contributed by atoms with E-state index < -0.39 is 17.8 Å². The number of carbonyl (C=O) groups excluding carboxylic acids is 2. The summed E-state index contributed by atoms with van der Waals surface area (Å²) in [4.78, 5) is 29.5. The van der Waals surface area contributed by atoms with Gasteiger partial charge in [0.2, 0.25) is 0 Å². The highest BCUT2D eigenvalue weighted by molar-refractivity contribution is 8.00. The molecule has 2 aromatic rings.